The van der Waals surface area contributed by atoms with Crippen LogP contribution in [0, 0.1) is 18.8 Å². The Morgan fingerprint density at radius 3 is 2.21 bits per heavy atom. The van der Waals surface area contributed by atoms with Crippen molar-refractivity contribution in [1.29, 1.82) is 0 Å². The summed E-state index contributed by atoms with van der Waals surface area (Å²) in [7, 11) is -3.85. The van der Waals surface area contributed by atoms with E-state index >= 15 is 0 Å². The molecule has 2 rings (SSSR count). The number of carbonyl (C=O) groups is 1. The fourth-order valence-corrected chi connectivity index (χ4v) is 3.50. The van der Waals surface area contributed by atoms with Crippen molar-refractivity contribution in [2.75, 3.05) is 0 Å². The number of carbonyl (C=O) groups excluding carboxylic acids is 1. The summed E-state index contributed by atoms with van der Waals surface area (Å²) >= 11 is 0. The van der Waals surface area contributed by atoms with Gasteiger partial charge in [-0.3, -0.25) is 4.79 Å². The zero-order valence-electron chi connectivity index (χ0n) is 16.7. The molecule has 0 unspecified atom stereocenters. The van der Waals surface area contributed by atoms with Crippen LogP contribution in [-0.2, 0) is 19.6 Å². The molecule has 5 nitrogen and oxygen atoms in total. The predicted molar refractivity (Wildman–Crippen MR) is 109 cm³/mol. The lowest BCUT2D eigenvalue weighted by molar-refractivity contribution is -0.156. The maximum Gasteiger partial charge on any atom is 0.324 e. The van der Waals surface area contributed by atoms with Crippen LogP contribution in [0.1, 0.15) is 44.4 Å². The molecule has 148 valence electrons. The van der Waals surface area contributed by atoms with E-state index in [9.17, 15) is 13.2 Å². The molecule has 0 aliphatic carbocycles. The maximum absolute atomic E-state index is 12.5. The molecule has 1 atom stereocenters. The van der Waals surface area contributed by atoms with E-state index in [0.29, 0.717) is 5.56 Å². The van der Waals surface area contributed by atoms with Crippen molar-refractivity contribution in [1.82, 2.24) is 4.72 Å². The summed E-state index contributed by atoms with van der Waals surface area (Å²) in [5, 5.41) is 0. The standard InChI is InChI=1S/C22H25NO4S/c1-16-8-6-7-9-19(16)13-10-18-11-14-20(15-12-18)28(25,26)23-17(2)21(24)27-22(3,4)5/h6-9,11-12,14-15,17,23H,1-5H3/t17-/m1/s1. The van der Waals surface area contributed by atoms with Crippen LogP contribution in [0.3, 0.4) is 0 Å². The minimum Gasteiger partial charge on any atom is -0.459 e. The highest BCUT2D eigenvalue weighted by Crippen LogP contribution is 2.13. The first-order valence-corrected chi connectivity index (χ1v) is 10.4. The largest absolute Gasteiger partial charge is 0.459 e. The lowest BCUT2D eigenvalue weighted by atomic mass is 10.1. The van der Waals surface area contributed by atoms with Crippen molar-refractivity contribution in [2.45, 2.75) is 51.2 Å². The maximum atomic E-state index is 12.5. The first-order valence-electron chi connectivity index (χ1n) is 8.91. The highest BCUT2D eigenvalue weighted by Gasteiger charge is 2.26. The molecule has 0 aromatic heterocycles. The average molecular weight is 400 g/mol. The molecule has 2 aromatic carbocycles. The van der Waals surface area contributed by atoms with Crippen LogP contribution in [0.4, 0.5) is 0 Å². The fourth-order valence-electron chi connectivity index (χ4n) is 2.31. The van der Waals surface area contributed by atoms with Crippen LogP contribution in [-0.4, -0.2) is 26.0 Å². The highest BCUT2D eigenvalue weighted by atomic mass is 32.2. The zero-order valence-corrected chi connectivity index (χ0v) is 17.6. The zero-order chi connectivity index (χ0) is 20.9. The Balaban J connectivity index is 2.12. The Labute approximate surface area is 167 Å². The van der Waals surface area contributed by atoms with Crippen molar-refractivity contribution in [3.63, 3.8) is 0 Å². The van der Waals surface area contributed by atoms with Crippen LogP contribution in [0.2, 0.25) is 0 Å². The first kappa shape index (κ1) is 21.7. The molecule has 0 saturated carbocycles. The molecule has 6 heteroatoms. The predicted octanol–water partition coefficient (Wildman–Crippen LogP) is 3.40. The Kier molecular flexibility index (Phi) is 6.65. The number of benzene rings is 2. The summed E-state index contributed by atoms with van der Waals surface area (Å²) in [6.45, 7) is 8.61. The normalized spacial score (nSPS) is 12.6. The number of esters is 1. The second kappa shape index (κ2) is 8.59. The van der Waals surface area contributed by atoms with Gasteiger partial charge in [-0.25, -0.2) is 8.42 Å². The molecule has 0 fully saturated rings. The number of aryl methyl sites for hydroxylation is 1. The van der Waals surface area contributed by atoms with E-state index in [0.717, 1.165) is 11.1 Å². The summed E-state index contributed by atoms with van der Waals surface area (Å²) in [4.78, 5) is 12.1. The summed E-state index contributed by atoms with van der Waals surface area (Å²) in [5.74, 6) is 5.48. The van der Waals surface area contributed by atoms with Gasteiger partial charge in [-0.2, -0.15) is 4.72 Å². The van der Waals surface area contributed by atoms with Gasteiger partial charge in [0.15, 0.2) is 0 Å². The van der Waals surface area contributed by atoms with E-state index in [4.69, 9.17) is 4.74 Å². The van der Waals surface area contributed by atoms with Gasteiger partial charge in [0.1, 0.15) is 11.6 Å². The number of ether oxygens (including phenoxy) is 1. The molecule has 2 aromatic rings. The van der Waals surface area contributed by atoms with Gasteiger partial charge in [0.05, 0.1) is 4.90 Å². The summed E-state index contributed by atoms with van der Waals surface area (Å²) < 4.78 is 32.5. The third-order valence-corrected chi connectivity index (χ3v) is 5.30. The van der Waals surface area contributed by atoms with Crippen LogP contribution >= 0.6 is 0 Å². The Bertz CT molecular complexity index is 1010. The smallest absolute Gasteiger partial charge is 0.324 e. The van der Waals surface area contributed by atoms with Crippen LogP contribution in [0.15, 0.2) is 53.4 Å². The van der Waals surface area contributed by atoms with Crippen molar-refractivity contribution in [3.05, 3.63) is 65.2 Å². The molecule has 0 aliphatic rings. The van der Waals surface area contributed by atoms with Gasteiger partial charge in [0, 0.05) is 11.1 Å². The van der Waals surface area contributed by atoms with E-state index in [1.54, 1.807) is 32.9 Å². The monoisotopic (exact) mass is 399 g/mol. The number of nitrogens with one attached hydrogen (secondary N) is 1. The van der Waals surface area contributed by atoms with E-state index in [1.807, 2.05) is 31.2 Å². The number of hydrogen-bond donors (Lipinski definition) is 1. The van der Waals surface area contributed by atoms with Crippen LogP contribution < -0.4 is 4.72 Å². The second-order valence-electron chi connectivity index (χ2n) is 7.47. The van der Waals surface area contributed by atoms with Crippen LogP contribution in [0.25, 0.3) is 0 Å². The van der Waals surface area contributed by atoms with Gasteiger partial charge in [-0.1, -0.05) is 30.0 Å². The van der Waals surface area contributed by atoms with Gasteiger partial charge in [-0.15, -0.1) is 0 Å². The van der Waals surface area contributed by atoms with Crippen molar-refractivity contribution in [2.24, 2.45) is 0 Å². The molecule has 0 heterocycles. The Morgan fingerprint density at radius 2 is 1.64 bits per heavy atom. The summed E-state index contributed by atoms with van der Waals surface area (Å²) in [5.41, 5.74) is 2.01. The Morgan fingerprint density at radius 1 is 1.04 bits per heavy atom. The molecule has 0 bridgehead atoms. The van der Waals surface area contributed by atoms with Gasteiger partial charge >= 0.3 is 5.97 Å². The Hall–Kier alpha value is -2.62. The van der Waals surface area contributed by atoms with E-state index in [1.165, 1.54) is 19.1 Å². The molecule has 0 radical (unpaired) electrons. The first-order chi connectivity index (χ1) is 13.0. The van der Waals surface area contributed by atoms with Gasteiger partial charge in [0.2, 0.25) is 10.0 Å². The third kappa shape index (κ3) is 6.22. The topological polar surface area (TPSA) is 72.5 Å². The minimum absolute atomic E-state index is 0.0596. The van der Waals surface area contributed by atoms with E-state index in [2.05, 4.69) is 16.6 Å². The number of rotatable bonds is 4. The second-order valence-corrected chi connectivity index (χ2v) is 9.18. The molecule has 0 spiro atoms. The third-order valence-electron chi connectivity index (χ3n) is 3.74. The molecule has 0 amide bonds. The molecule has 0 saturated heterocycles. The van der Waals surface area contributed by atoms with Gasteiger partial charge in [0.25, 0.3) is 0 Å². The fraction of sp³-hybridized carbons (Fsp3) is 0.318. The van der Waals surface area contributed by atoms with Crippen LogP contribution in [0.5, 0.6) is 0 Å². The lowest BCUT2D eigenvalue weighted by Crippen LogP contribution is -2.42. The minimum atomic E-state index is -3.85. The SMILES string of the molecule is Cc1ccccc1C#Cc1ccc(S(=O)(=O)N[C@H](C)C(=O)OC(C)(C)C)cc1. The summed E-state index contributed by atoms with van der Waals surface area (Å²) in [6, 6.07) is 13.0. The van der Waals surface area contributed by atoms with Gasteiger partial charge < -0.3 is 4.74 Å². The highest BCUT2D eigenvalue weighted by molar-refractivity contribution is 7.89. The van der Waals surface area contributed by atoms with Crippen molar-refractivity contribution >= 4 is 16.0 Å². The molecular weight excluding hydrogens is 374 g/mol. The van der Waals surface area contributed by atoms with Crippen molar-refractivity contribution < 1.29 is 17.9 Å². The molecule has 0 aliphatic heterocycles. The summed E-state index contributed by atoms with van der Waals surface area (Å²) in [6.07, 6.45) is 0. The lowest BCUT2D eigenvalue weighted by Gasteiger charge is -2.22. The van der Waals surface area contributed by atoms with E-state index < -0.39 is 27.6 Å². The average Bonchev–Trinajstić information content (AvgIpc) is 2.59. The van der Waals surface area contributed by atoms with Gasteiger partial charge in [-0.05, 0) is 70.5 Å². The molecule has 1 N–H and O–H groups in total. The number of sulfonamides is 1. The van der Waals surface area contributed by atoms with Crippen molar-refractivity contribution in [3.8, 4) is 11.8 Å². The molecule has 28 heavy (non-hydrogen) atoms. The molecular formula is C22H25NO4S. The quantitative estimate of drug-likeness (QED) is 0.632. The number of hydrogen-bond acceptors (Lipinski definition) is 4. The van der Waals surface area contributed by atoms with E-state index in [-0.39, 0.29) is 4.90 Å².